The number of hydrogen-bond acceptors (Lipinski definition) is 3. The van der Waals surface area contributed by atoms with E-state index < -0.39 is 0 Å². The average molecular weight is 241 g/mol. The molecule has 3 rings (SSSR count). The van der Waals surface area contributed by atoms with Crippen LogP contribution in [0.2, 0.25) is 0 Å². The molecule has 4 heteroatoms. The van der Waals surface area contributed by atoms with Crippen LogP contribution in [0.5, 0.6) is 17.2 Å². The van der Waals surface area contributed by atoms with E-state index in [1.165, 1.54) is 0 Å². The molecule has 0 unspecified atom stereocenters. The Morgan fingerprint density at radius 2 is 1.83 bits per heavy atom. The fourth-order valence-corrected chi connectivity index (χ4v) is 1.93. The number of ether oxygens (including phenoxy) is 2. The highest BCUT2D eigenvalue weighted by Crippen LogP contribution is 2.40. The molecule has 0 saturated carbocycles. The first-order valence-electron chi connectivity index (χ1n) is 5.55. The van der Waals surface area contributed by atoms with Gasteiger partial charge in [-0.2, -0.15) is 0 Å². The van der Waals surface area contributed by atoms with Gasteiger partial charge in [0.2, 0.25) is 0 Å². The van der Waals surface area contributed by atoms with Crippen molar-refractivity contribution in [2.24, 2.45) is 0 Å². The van der Waals surface area contributed by atoms with E-state index in [9.17, 15) is 4.79 Å². The first-order valence-corrected chi connectivity index (χ1v) is 5.55. The van der Waals surface area contributed by atoms with Crippen LogP contribution in [0.3, 0.4) is 0 Å². The second kappa shape index (κ2) is 4.07. The van der Waals surface area contributed by atoms with Crippen molar-refractivity contribution in [3.8, 4) is 17.2 Å². The molecule has 0 aromatic heterocycles. The Bertz CT molecular complexity index is 622. The molecule has 4 nitrogen and oxygen atoms in total. The quantitative estimate of drug-likeness (QED) is 0.834. The van der Waals surface area contributed by atoms with Crippen LogP contribution in [0, 0.1) is 0 Å². The molecule has 0 spiro atoms. The molecular formula is C14H11NO3. The van der Waals surface area contributed by atoms with Gasteiger partial charge >= 0.3 is 0 Å². The van der Waals surface area contributed by atoms with Crippen LogP contribution >= 0.6 is 0 Å². The minimum absolute atomic E-state index is 0.200. The maximum atomic E-state index is 12.1. The number of rotatable bonds is 1. The molecule has 0 aliphatic carbocycles. The minimum Gasteiger partial charge on any atom is -0.494 e. The summed E-state index contributed by atoms with van der Waals surface area (Å²) in [7, 11) is 1.56. The molecule has 0 radical (unpaired) electrons. The Hall–Kier alpha value is -2.49. The summed E-state index contributed by atoms with van der Waals surface area (Å²) in [6.07, 6.45) is 0. The Morgan fingerprint density at radius 1 is 1.06 bits per heavy atom. The molecule has 90 valence electrons. The lowest BCUT2D eigenvalue weighted by molar-refractivity contribution is 0.102. The van der Waals surface area contributed by atoms with Crippen LogP contribution < -0.4 is 14.8 Å². The van der Waals surface area contributed by atoms with Crippen molar-refractivity contribution >= 4 is 11.6 Å². The summed E-state index contributed by atoms with van der Waals surface area (Å²) >= 11 is 0. The molecule has 18 heavy (non-hydrogen) atoms. The maximum Gasteiger partial charge on any atom is 0.259 e. The fraction of sp³-hybridized carbons (Fsp3) is 0.0714. The second-order valence-corrected chi connectivity index (χ2v) is 3.89. The van der Waals surface area contributed by atoms with Gasteiger partial charge in [0.05, 0.1) is 12.7 Å². The van der Waals surface area contributed by atoms with Crippen LogP contribution in [0.1, 0.15) is 10.4 Å². The topological polar surface area (TPSA) is 47.6 Å². The molecule has 0 fully saturated rings. The number of nitrogens with one attached hydrogen (secondary N) is 1. The number of methoxy groups -OCH3 is 1. The van der Waals surface area contributed by atoms with Gasteiger partial charge in [-0.1, -0.05) is 18.2 Å². The van der Waals surface area contributed by atoms with Gasteiger partial charge in [-0.3, -0.25) is 4.79 Å². The third kappa shape index (κ3) is 1.59. The van der Waals surface area contributed by atoms with E-state index in [1.807, 2.05) is 12.1 Å². The van der Waals surface area contributed by atoms with E-state index in [-0.39, 0.29) is 5.91 Å². The van der Waals surface area contributed by atoms with Crippen LogP contribution in [0.25, 0.3) is 0 Å². The van der Waals surface area contributed by atoms with Gasteiger partial charge in [0.25, 0.3) is 5.91 Å². The van der Waals surface area contributed by atoms with E-state index in [0.717, 1.165) is 0 Å². The molecule has 2 aromatic carbocycles. The van der Waals surface area contributed by atoms with Crippen molar-refractivity contribution in [2.75, 3.05) is 12.4 Å². The van der Waals surface area contributed by atoms with E-state index in [2.05, 4.69) is 5.32 Å². The van der Waals surface area contributed by atoms with Gasteiger partial charge in [-0.25, -0.2) is 0 Å². The standard InChI is InChI=1S/C14H11NO3/c1-17-11-7-4-8-12-13(11)15-14(16)9-5-2-3-6-10(9)18-12/h2-8H,1H3,(H,15,16). The van der Waals surface area contributed by atoms with Gasteiger partial charge in [0.1, 0.15) is 17.2 Å². The Balaban J connectivity index is 2.18. The first kappa shape index (κ1) is 10.7. The number of carbonyl (C=O) groups excluding carboxylic acids is 1. The fourth-order valence-electron chi connectivity index (χ4n) is 1.93. The molecule has 1 amide bonds. The molecule has 1 N–H and O–H groups in total. The van der Waals surface area contributed by atoms with Crippen LogP contribution in [-0.4, -0.2) is 13.0 Å². The Labute approximate surface area is 104 Å². The molecule has 2 aromatic rings. The number of benzene rings is 2. The lowest BCUT2D eigenvalue weighted by atomic mass is 10.2. The molecule has 0 atom stereocenters. The molecular weight excluding hydrogens is 230 g/mol. The predicted molar refractivity (Wildman–Crippen MR) is 67.5 cm³/mol. The zero-order valence-electron chi connectivity index (χ0n) is 9.77. The Morgan fingerprint density at radius 3 is 2.67 bits per heavy atom. The number of anilines is 1. The van der Waals surface area contributed by atoms with Crippen molar-refractivity contribution in [3.63, 3.8) is 0 Å². The summed E-state index contributed by atoms with van der Waals surface area (Å²) in [4.78, 5) is 12.1. The largest absolute Gasteiger partial charge is 0.494 e. The highest BCUT2D eigenvalue weighted by atomic mass is 16.5. The highest BCUT2D eigenvalue weighted by molar-refractivity contribution is 6.08. The average Bonchev–Trinajstić information content (AvgIpc) is 2.54. The lowest BCUT2D eigenvalue weighted by Gasteiger charge is -2.10. The van der Waals surface area contributed by atoms with E-state index in [4.69, 9.17) is 9.47 Å². The summed E-state index contributed by atoms with van der Waals surface area (Å²) in [6.45, 7) is 0. The number of carbonyl (C=O) groups is 1. The molecule has 1 aliphatic rings. The number of para-hydroxylation sites is 2. The SMILES string of the molecule is COc1cccc2c1NC(=O)c1ccccc1O2. The normalized spacial score (nSPS) is 12.6. The molecule has 0 saturated heterocycles. The van der Waals surface area contributed by atoms with Crippen molar-refractivity contribution in [3.05, 3.63) is 48.0 Å². The van der Waals surface area contributed by atoms with Gasteiger partial charge in [0.15, 0.2) is 5.75 Å². The van der Waals surface area contributed by atoms with Gasteiger partial charge in [-0.05, 0) is 24.3 Å². The summed E-state index contributed by atoms with van der Waals surface area (Å²) in [5.41, 5.74) is 1.07. The van der Waals surface area contributed by atoms with E-state index in [0.29, 0.717) is 28.5 Å². The zero-order valence-corrected chi connectivity index (χ0v) is 9.77. The zero-order chi connectivity index (χ0) is 12.5. The Kier molecular flexibility index (Phi) is 2.41. The summed E-state index contributed by atoms with van der Waals surface area (Å²) in [5, 5.41) is 2.81. The van der Waals surface area contributed by atoms with Crippen LogP contribution in [0.4, 0.5) is 5.69 Å². The van der Waals surface area contributed by atoms with Crippen molar-refractivity contribution in [1.29, 1.82) is 0 Å². The van der Waals surface area contributed by atoms with Crippen LogP contribution in [-0.2, 0) is 0 Å². The van der Waals surface area contributed by atoms with Gasteiger partial charge < -0.3 is 14.8 Å². The molecule has 1 heterocycles. The second-order valence-electron chi connectivity index (χ2n) is 3.89. The third-order valence-electron chi connectivity index (χ3n) is 2.80. The first-order chi connectivity index (χ1) is 8.79. The molecule has 1 aliphatic heterocycles. The number of fused-ring (bicyclic) bond motifs is 2. The highest BCUT2D eigenvalue weighted by Gasteiger charge is 2.22. The van der Waals surface area contributed by atoms with E-state index >= 15 is 0 Å². The molecule has 0 bridgehead atoms. The minimum atomic E-state index is -0.200. The van der Waals surface area contributed by atoms with Crippen molar-refractivity contribution < 1.29 is 14.3 Å². The number of hydrogen-bond donors (Lipinski definition) is 1. The summed E-state index contributed by atoms with van der Waals surface area (Å²) in [6, 6.07) is 12.5. The summed E-state index contributed by atoms with van der Waals surface area (Å²) in [5.74, 6) is 1.50. The van der Waals surface area contributed by atoms with Crippen molar-refractivity contribution in [2.45, 2.75) is 0 Å². The number of amides is 1. The van der Waals surface area contributed by atoms with Gasteiger partial charge in [0, 0.05) is 0 Å². The lowest BCUT2D eigenvalue weighted by Crippen LogP contribution is -2.10. The van der Waals surface area contributed by atoms with E-state index in [1.54, 1.807) is 37.4 Å². The third-order valence-corrected chi connectivity index (χ3v) is 2.80. The summed E-state index contributed by atoms with van der Waals surface area (Å²) < 4.78 is 11.0. The van der Waals surface area contributed by atoms with Crippen LogP contribution in [0.15, 0.2) is 42.5 Å². The van der Waals surface area contributed by atoms with Crippen molar-refractivity contribution in [1.82, 2.24) is 0 Å². The predicted octanol–water partition coefficient (Wildman–Crippen LogP) is 3.05. The maximum absolute atomic E-state index is 12.1. The monoisotopic (exact) mass is 241 g/mol. The van der Waals surface area contributed by atoms with Gasteiger partial charge in [-0.15, -0.1) is 0 Å². The smallest absolute Gasteiger partial charge is 0.259 e.